The summed E-state index contributed by atoms with van der Waals surface area (Å²) < 4.78 is 1.81. The van der Waals surface area contributed by atoms with Gasteiger partial charge in [0.25, 0.3) is 5.91 Å². The molecule has 3 aromatic rings. The Morgan fingerprint density at radius 2 is 1.96 bits per heavy atom. The lowest BCUT2D eigenvalue weighted by Gasteiger charge is -2.14. The van der Waals surface area contributed by atoms with Gasteiger partial charge in [0.05, 0.1) is 12.2 Å². The lowest BCUT2D eigenvalue weighted by atomic mass is 10.1. The van der Waals surface area contributed by atoms with Crippen molar-refractivity contribution < 1.29 is 4.79 Å². The molecule has 2 heterocycles. The zero-order chi connectivity index (χ0) is 17.8. The van der Waals surface area contributed by atoms with Gasteiger partial charge in [-0.25, -0.2) is 4.98 Å². The highest BCUT2D eigenvalue weighted by atomic mass is 32.2. The average Bonchev–Trinajstić information content (AvgIpc) is 2.95. The molecule has 128 valence electrons. The van der Waals surface area contributed by atoms with Crippen LogP contribution >= 0.6 is 11.8 Å². The molecule has 0 bridgehead atoms. The molecule has 1 atom stereocenters. The van der Waals surface area contributed by atoms with Gasteiger partial charge in [0, 0.05) is 35.0 Å². The van der Waals surface area contributed by atoms with Crippen molar-refractivity contribution in [3.63, 3.8) is 0 Å². The Kier molecular flexibility index (Phi) is 5.19. The van der Waals surface area contributed by atoms with E-state index >= 15 is 0 Å². The SMILES string of the molecule is Cc1c([C@H](C)NC(=O)c2ccc(Sc3ccccn3)cc2)cnn1C. The first-order chi connectivity index (χ1) is 12.0. The van der Waals surface area contributed by atoms with Crippen molar-refractivity contribution in [3.8, 4) is 0 Å². The summed E-state index contributed by atoms with van der Waals surface area (Å²) in [6, 6.07) is 13.3. The van der Waals surface area contributed by atoms with Crippen LogP contribution in [0.5, 0.6) is 0 Å². The van der Waals surface area contributed by atoms with Gasteiger partial charge in [-0.05, 0) is 50.2 Å². The highest BCUT2D eigenvalue weighted by molar-refractivity contribution is 7.99. The van der Waals surface area contributed by atoms with Gasteiger partial charge in [0.2, 0.25) is 0 Å². The highest BCUT2D eigenvalue weighted by Crippen LogP contribution is 2.25. The molecule has 0 aliphatic carbocycles. The van der Waals surface area contributed by atoms with Crippen molar-refractivity contribution in [1.29, 1.82) is 0 Å². The van der Waals surface area contributed by atoms with Crippen LogP contribution in [-0.4, -0.2) is 20.7 Å². The molecule has 0 aliphatic rings. The predicted octanol–water partition coefficient (Wildman–Crippen LogP) is 3.77. The van der Waals surface area contributed by atoms with Gasteiger partial charge in [-0.3, -0.25) is 9.48 Å². The maximum atomic E-state index is 12.5. The van der Waals surface area contributed by atoms with E-state index in [9.17, 15) is 4.79 Å². The highest BCUT2D eigenvalue weighted by Gasteiger charge is 2.15. The fourth-order valence-corrected chi connectivity index (χ4v) is 3.27. The standard InChI is InChI=1S/C19H20N4OS/c1-13(17-12-21-23(3)14(17)2)22-19(24)15-7-9-16(10-8-15)25-18-6-4-5-11-20-18/h4-13H,1-3H3,(H,22,24)/t13-/m0/s1. The van der Waals surface area contributed by atoms with E-state index in [0.717, 1.165) is 21.2 Å². The predicted molar refractivity (Wildman–Crippen MR) is 98.6 cm³/mol. The summed E-state index contributed by atoms with van der Waals surface area (Å²) in [5.41, 5.74) is 2.71. The molecule has 0 saturated heterocycles. The maximum Gasteiger partial charge on any atom is 0.251 e. The summed E-state index contributed by atoms with van der Waals surface area (Å²) in [4.78, 5) is 17.8. The summed E-state index contributed by atoms with van der Waals surface area (Å²) in [5, 5.41) is 8.18. The molecule has 3 rings (SSSR count). The van der Waals surface area contributed by atoms with Gasteiger partial charge < -0.3 is 5.32 Å². The Balaban J connectivity index is 1.65. The fraction of sp³-hybridized carbons (Fsp3) is 0.211. The van der Waals surface area contributed by atoms with Crippen LogP contribution in [0.25, 0.3) is 0 Å². The molecule has 25 heavy (non-hydrogen) atoms. The first-order valence-electron chi connectivity index (χ1n) is 8.03. The van der Waals surface area contributed by atoms with Crippen LogP contribution in [0.4, 0.5) is 0 Å². The van der Waals surface area contributed by atoms with Crippen LogP contribution in [0.2, 0.25) is 0 Å². The zero-order valence-electron chi connectivity index (χ0n) is 14.4. The molecule has 6 heteroatoms. The van der Waals surface area contributed by atoms with E-state index in [1.165, 1.54) is 0 Å². The molecule has 1 amide bonds. The van der Waals surface area contributed by atoms with Crippen molar-refractivity contribution in [3.05, 3.63) is 71.7 Å². The topological polar surface area (TPSA) is 59.8 Å². The van der Waals surface area contributed by atoms with Crippen LogP contribution in [0.3, 0.4) is 0 Å². The second-order valence-electron chi connectivity index (χ2n) is 5.80. The Labute approximate surface area is 151 Å². The third kappa shape index (κ3) is 4.09. The number of benzene rings is 1. The third-order valence-electron chi connectivity index (χ3n) is 4.06. The molecule has 1 N–H and O–H groups in total. The molecule has 2 aromatic heterocycles. The van der Waals surface area contributed by atoms with E-state index in [1.54, 1.807) is 24.2 Å². The van der Waals surface area contributed by atoms with Crippen molar-refractivity contribution in [2.24, 2.45) is 7.05 Å². The number of hydrogen-bond donors (Lipinski definition) is 1. The lowest BCUT2D eigenvalue weighted by molar-refractivity contribution is 0.0939. The first-order valence-corrected chi connectivity index (χ1v) is 8.84. The molecule has 0 fully saturated rings. The Morgan fingerprint density at radius 3 is 2.56 bits per heavy atom. The molecule has 0 spiro atoms. The molecule has 1 aromatic carbocycles. The Morgan fingerprint density at radius 1 is 1.20 bits per heavy atom. The largest absolute Gasteiger partial charge is 0.345 e. The number of amides is 1. The van der Waals surface area contributed by atoms with E-state index in [0.29, 0.717) is 5.56 Å². The van der Waals surface area contributed by atoms with Crippen LogP contribution in [0.1, 0.15) is 34.6 Å². The minimum absolute atomic E-state index is 0.0925. The Bertz CT molecular complexity index is 859. The van der Waals surface area contributed by atoms with Crippen LogP contribution in [0.15, 0.2) is 64.8 Å². The van der Waals surface area contributed by atoms with Crippen molar-refractivity contribution in [1.82, 2.24) is 20.1 Å². The summed E-state index contributed by atoms with van der Waals surface area (Å²) in [6.45, 7) is 3.96. The molecular weight excluding hydrogens is 332 g/mol. The molecule has 0 radical (unpaired) electrons. The van der Waals surface area contributed by atoms with Crippen LogP contribution < -0.4 is 5.32 Å². The van der Waals surface area contributed by atoms with Gasteiger partial charge in [0.1, 0.15) is 5.03 Å². The normalized spacial score (nSPS) is 12.0. The van der Waals surface area contributed by atoms with Crippen molar-refractivity contribution >= 4 is 17.7 Å². The number of carbonyl (C=O) groups is 1. The van der Waals surface area contributed by atoms with E-state index in [2.05, 4.69) is 15.4 Å². The number of aryl methyl sites for hydroxylation is 1. The Hall–Kier alpha value is -2.60. The van der Waals surface area contributed by atoms with Gasteiger partial charge >= 0.3 is 0 Å². The van der Waals surface area contributed by atoms with E-state index in [4.69, 9.17) is 0 Å². The van der Waals surface area contributed by atoms with Crippen LogP contribution in [-0.2, 0) is 7.05 Å². The number of hydrogen-bond acceptors (Lipinski definition) is 4. The lowest BCUT2D eigenvalue weighted by Crippen LogP contribution is -2.26. The number of nitrogens with one attached hydrogen (secondary N) is 1. The summed E-state index contributed by atoms with van der Waals surface area (Å²) in [6.07, 6.45) is 3.57. The molecule has 5 nitrogen and oxygen atoms in total. The van der Waals surface area contributed by atoms with Crippen molar-refractivity contribution in [2.75, 3.05) is 0 Å². The first kappa shape index (κ1) is 17.2. The van der Waals surface area contributed by atoms with E-state index in [1.807, 2.05) is 68.0 Å². The van der Waals surface area contributed by atoms with Crippen LogP contribution in [0, 0.1) is 6.92 Å². The van der Waals surface area contributed by atoms with Gasteiger partial charge in [0.15, 0.2) is 0 Å². The minimum Gasteiger partial charge on any atom is -0.345 e. The van der Waals surface area contributed by atoms with Gasteiger partial charge in [-0.15, -0.1) is 0 Å². The third-order valence-corrected chi connectivity index (χ3v) is 5.02. The number of rotatable bonds is 5. The summed E-state index contributed by atoms with van der Waals surface area (Å²) >= 11 is 1.57. The summed E-state index contributed by atoms with van der Waals surface area (Å²) in [5.74, 6) is -0.0925. The second-order valence-corrected chi connectivity index (χ2v) is 6.89. The number of carbonyl (C=O) groups excluding carboxylic acids is 1. The fourth-order valence-electron chi connectivity index (χ4n) is 2.50. The van der Waals surface area contributed by atoms with Crippen molar-refractivity contribution in [2.45, 2.75) is 29.8 Å². The molecular formula is C19H20N4OS. The van der Waals surface area contributed by atoms with E-state index < -0.39 is 0 Å². The molecule has 0 saturated carbocycles. The number of nitrogens with zero attached hydrogens (tertiary/aromatic N) is 3. The molecule has 0 unspecified atom stereocenters. The minimum atomic E-state index is -0.0937. The number of pyridine rings is 1. The number of aromatic nitrogens is 3. The zero-order valence-corrected chi connectivity index (χ0v) is 15.2. The molecule has 0 aliphatic heterocycles. The smallest absolute Gasteiger partial charge is 0.251 e. The monoisotopic (exact) mass is 352 g/mol. The quantitative estimate of drug-likeness (QED) is 0.759. The maximum absolute atomic E-state index is 12.5. The second kappa shape index (κ2) is 7.53. The summed E-state index contributed by atoms with van der Waals surface area (Å²) in [7, 11) is 1.89. The van der Waals surface area contributed by atoms with E-state index in [-0.39, 0.29) is 11.9 Å². The average molecular weight is 352 g/mol. The van der Waals surface area contributed by atoms with Gasteiger partial charge in [-0.1, -0.05) is 17.8 Å². The van der Waals surface area contributed by atoms with Gasteiger partial charge in [-0.2, -0.15) is 5.10 Å².